The molecule has 0 N–H and O–H groups in total. The minimum Gasteiger partial charge on any atom is -0.339 e. The van der Waals surface area contributed by atoms with Crippen LogP contribution in [-0.4, -0.2) is 96.9 Å². The summed E-state index contributed by atoms with van der Waals surface area (Å²) in [7, 11) is 14.2. The molecule has 7 aromatic carbocycles. The lowest BCUT2D eigenvalue weighted by molar-refractivity contribution is 0.240. The maximum absolute atomic E-state index is 12.3. The predicted molar refractivity (Wildman–Crippen MR) is 347 cm³/mol. The van der Waals surface area contributed by atoms with Crippen LogP contribution in [0.1, 0.15) is 38.9 Å². The van der Waals surface area contributed by atoms with E-state index < -0.39 is 0 Å². The first-order valence-corrected chi connectivity index (χ1v) is 34.2. The molecule has 0 saturated heterocycles. The Morgan fingerprint density at radius 2 is 0.456 bits per heavy atom. The standard InChI is InChI=1S/C61H64N4O4S10/c1-41-26-52(74-39-46-28-54(70-35-42-10-18-48(19-11-42)76-58(66)62(2)3)33-55(29-46)71-36-43-12-20-49(21-13-43)77-59(67)63(4)5)32-53(27-41)75-40-47-30-56(72-37-44-14-22-50(23-15-44)78-60(68)64(6)7)34-57(31-47)73-38-45-16-24-51(25-17-45)79-61(69)65(8)9/h10-34H,35-40H2,1-9H3. The lowest BCUT2D eigenvalue weighted by atomic mass is 10.2. The zero-order valence-corrected chi connectivity index (χ0v) is 53.8. The van der Waals surface area contributed by atoms with Gasteiger partial charge >= 0.3 is 0 Å². The lowest BCUT2D eigenvalue weighted by Crippen LogP contribution is -2.15. The molecule has 8 nitrogen and oxygen atoms in total. The van der Waals surface area contributed by atoms with Gasteiger partial charge in [0.25, 0.3) is 21.0 Å². The van der Waals surface area contributed by atoms with Gasteiger partial charge in [0.2, 0.25) is 0 Å². The second-order valence-electron chi connectivity index (χ2n) is 19.0. The quantitative estimate of drug-likeness (QED) is 0.0604. The van der Waals surface area contributed by atoms with Crippen LogP contribution in [0.4, 0.5) is 19.2 Å². The van der Waals surface area contributed by atoms with E-state index in [9.17, 15) is 19.2 Å². The first-order valence-electron chi connectivity index (χ1n) is 25.0. The number of rotatable bonds is 22. The lowest BCUT2D eigenvalue weighted by Gasteiger charge is -2.13. The molecule has 79 heavy (non-hydrogen) atoms. The number of aryl methyl sites for hydroxylation is 1. The Labute approximate surface area is 510 Å². The van der Waals surface area contributed by atoms with E-state index in [2.05, 4.69) is 110 Å². The van der Waals surface area contributed by atoms with E-state index >= 15 is 0 Å². The van der Waals surface area contributed by atoms with Crippen LogP contribution in [0.5, 0.6) is 0 Å². The van der Waals surface area contributed by atoms with Gasteiger partial charge in [-0.1, -0.05) is 48.5 Å². The second-order valence-corrected chi connectivity index (χ2v) is 29.4. The first-order chi connectivity index (χ1) is 37.9. The molecule has 7 rings (SSSR count). The van der Waals surface area contributed by atoms with Gasteiger partial charge in [0.05, 0.1) is 0 Å². The summed E-state index contributed by atoms with van der Waals surface area (Å²) in [5.41, 5.74) is 8.55. The maximum Gasteiger partial charge on any atom is 0.285 e. The monoisotopic (exact) mass is 1240 g/mol. The third-order valence-corrected chi connectivity index (χ3v) is 21.8. The van der Waals surface area contributed by atoms with E-state index in [4.69, 9.17) is 0 Å². The minimum atomic E-state index is 0.00972. The number of benzene rings is 7. The molecule has 0 spiro atoms. The third-order valence-electron chi connectivity index (χ3n) is 11.3. The Hall–Kier alpha value is -4.08. The van der Waals surface area contributed by atoms with Crippen molar-refractivity contribution >= 4 is 139 Å². The topological polar surface area (TPSA) is 81.2 Å². The van der Waals surface area contributed by atoms with E-state index in [1.807, 2.05) is 119 Å². The molecule has 0 unspecified atom stereocenters. The van der Waals surface area contributed by atoms with Gasteiger partial charge in [0.1, 0.15) is 0 Å². The van der Waals surface area contributed by atoms with E-state index in [0.717, 1.165) is 54.1 Å². The SMILES string of the molecule is Cc1cc(SCc2cc(SCc3ccc(SC(=O)N(C)C)cc3)cc(SCc3ccc(SC(=O)N(C)C)cc3)c2)cc(SCc2cc(SCc3ccc(SC(=O)N(C)C)cc3)cc(SCc3ccc(SC(=O)N(C)C)cc3)c2)c1. The molecule has 0 aliphatic rings. The number of carbonyl (C=O) groups excluding carboxylic acids is 4. The van der Waals surface area contributed by atoms with Gasteiger partial charge in [-0.3, -0.25) is 19.2 Å². The Bertz CT molecular complexity index is 2790. The zero-order chi connectivity index (χ0) is 56.4. The molecule has 412 valence electrons. The van der Waals surface area contributed by atoms with Crippen LogP contribution in [0, 0.1) is 6.92 Å². The van der Waals surface area contributed by atoms with Crippen LogP contribution < -0.4 is 0 Å². The Balaban J connectivity index is 1.04. The summed E-state index contributed by atoms with van der Waals surface area (Å²) >= 11 is 16.0. The fourth-order valence-electron chi connectivity index (χ4n) is 7.03. The molecule has 18 heteroatoms. The highest BCUT2D eigenvalue weighted by Gasteiger charge is 2.14. The van der Waals surface area contributed by atoms with Crippen molar-refractivity contribution in [2.24, 2.45) is 0 Å². The summed E-state index contributed by atoms with van der Waals surface area (Å²) in [6.45, 7) is 2.18. The molecule has 7 aromatic rings. The van der Waals surface area contributed by atoms with Gasteiger partial charge in [-0.05, 0) is 196 Å². The summed E-state index contributed by atoms with van der Waals surface area (Å²) in [5, 5.41) is 0.0389. The third kappa shape index (κ3) is 21.3. The summed E-state index contributed by atoms with van der Waals surface area (Å²) in [5.74, 6) is 4.86. The second kappa shape index (κ2) is 31.4. The van der Waals surface area contributed by atoms with Crippen molar-refractivity contribution < 1.29 is 19.2 Å². The largest absolute Gasteiger partial charge is 0.339 e. The molecule has 0 saturated carbocycles. The van der Waals surface area contributed by atoms with Crippen LogP contribution in [0.25, 0.3) is 0 Å². The summed E-state index contributed by atoms with van der Waals surface area (Å²) in [6.07, 6.45) is 0. The molecule has 0 bridgehead atoms. The summed E-state index contributed by atoms with van der Waals surface area (Å²) < 4.78 is 0. The smallest absolute Gasteiger partial charge is 0.285 e. The Morgan fingerprint density at radius 3 is 0.658 bits per heavy atom. The van der Waals surface area contributed by atoms with Gasteiger partial charge in [0, 0.05) is 140 Å². The molecule has 0 aromatic heterocycles. The highest BCUT2D eigenvalue weighted by Crippen LogP contribution is 2.38. The van der Waals surface area contributed by atoms with Gasteiger partial charge in [0.15, 0.2) is 0 Å². The molecule has 0 aliphatic heterocycles. The molecule has 0 radical (unpaired) electrons. The van der Waals surface area contributed by atoms with Gasteiger partial charge in [-0.2, -0.15) is 0 Å². The van der Waals surface area contributed by atoms with Crippen molar-refractivity contribution in [2.75, 3.05) is 56.4 Å². The fraction of sp³-hybridized carbons (Fsp3) is 0.246. The predicted octanol–water partition coefficient (Wildman–Crippen LogP) is 18.8. The molecule has 0 heterocycles. The van der Waals surface area contributed by atoms with Crippen LogP contribution in [0.2, 0.25) is 0 Å². The average Bonchev–Trinajstić information content (AvgIpc) is 3.44. The fourth-order valence-corrected chi connectivity index (χ4v) is 15.7. The van der Waals surface area contributed by atoms with Crippen molar-refractivity contribution in [2.45, 2.75) is 90.4 Å². The van der Waals surface area contributed by atoms with E-state index in [0.29, 0.717) is 0 Å². The van der Waals surface area contributed by atoms with Crippen molar-refractivity contribution in [3.63, 3.8) is 0 Å². The molecular weight excluding hydrogens is 1170 g/mol. The molecular formula is C61H64N4O4S10. The molecule has 0 atom stereocenters. The number of amides is 4. The van der Waals surface area contributed by atoms with Crippen LogP contribution in [0.3, 0.4) is 0 Å². The normalized spacial score (nSPS) is 11.1. The van der Waals surface area contributed by atoms with Crippen molar-refractivity contribution in [3.05, 3.63) is 191 Å². The Morgan fingerprint density at radius 1 is 0.266 bits per heavy atom. The summed E-state index contributed by atoms with van der Waals surface area (Å²) in [4.78, 5) is 66.6. The van der Waals surface area contributed by atoms with E-state index in [1.54, 1.807) is 76.0 Å². The number of thioether (sulfide) groups is 10. The van der Waals surface area contributed by atoms with Crippen molar-refractivity contribution in [3.8, 4) is 0 Å². The number of hydrogen-bond donors (Lipinski definition) is 0. The van der Waals surface area contributed by atoms with Crippen LogP contribution >= 0.6 is 118 Å². The molecule has 0 fully saturated rings. The van der Waals surface area contributed by atoms with Crippen LogP contribution in [-0.2, 0) is 34.5 Å². The highest BCUT2D eigenvalue weighted by molar-refractivity contribution is 8.14. The van der Waals surface area contributed by atoms with Gasteiger partial charge < -0.3 is 19.6 Å². The summed E-state index contributed by atoms with van der Waals surface area (Å²) in [6, 6.07) is 53.9. The first kappa shape index (κ1) is 62.5. The van der Waals surface area contributed by atoms with E-state index in [-0.39, 0.29) is 21.0 Å². The molecule has 4 amide bonds. The van der Waals surface area contributed by atoms with E-state index in [1.165, 1.54) is 115 Å². The van der Waals surface area contributed by atoms with Crippen LogP contribution in [0.15, 0.2) is 201 Å². The van der Waals surface area contributed by atoms with Crippen molar-refractivity contribution in [1.29, 1.82) is 0 Å². The molecule has 0 aliphatic carbocycles. The van der Waals surface area contributed by atoms with Crippen molar-refractivity contribution in [1.82, 2.24) is 19.6 Å². The van der Waals surface area contributed by atoms with Gasteiger partial charge in [-0.25, -0.2) is 0 Å². The Kier molecular flexibility index (Phi) is 24.8. The minimum absolute atomic E-state index is 0.00972. The number of hydrogen-bond acceptors (Lipinski definition) is 14. The number of carbonyl (C=O) groups is 4. The zero-order valence-electron chi connectivity index (χ0n) is 45.7. The van der Waals surface area contributed by atoms with Gasteiger partial charge in [-0.15, -0.1) is 70.6 Å². The average molecular weight is 1240 g/mol. The maximum atomic E-state index is 12.3. The highest BCUT2D eigenvalue weighted by atomic mass is 32.2. The number of nitrogens with zero attached hydrogens (tertiary/aromatic N) is 4.